The molecule has 0 aliphatic carbocycles. The average molecular weight is 254 g/mol. The van der Waals surface area contributed by atoms with Crippen LogP contribution in [-0.4, -0.2) is 16.1 Å². The van der Waals surface area contributed by atoms with Crippen molar-refractivity contribution in [2.45, 2.75) is 26.8 Å². The third-order valence-electron chi connectivity index (χ3n) is 3.05. The molecule has 0 bridgehead atoms. The van der Waals surface area contributed by atoms with Gasteiger partial charge in [-0.05, 0) is 24.2 Å². The Morgan fingerprint density at radius 3 is 2.89 bits per heavy atom. The normalized spacial score (nSPS) is 10.4. The Balaban J connectivity index is 2.39. The van der Waals surface area contributed by atoms with E-state index in [-0.39, 0.29) is 0 Å². The number of nitriles is 1. The Hall–Kier alpha value is -2.12. The molecule has 2 aromatic rings. The maximum absolute atomic E-state index is 9.33. The first-order chi connectivity index (χ1) is 9.30. The molecule has 1 aromatic heterocycles. The molecule has 0 atom stereocenters. The molecule has 2 rings (SSSR count). The Morgan fingerprint density at radius 1 is 1.37 bits per heavy atom. The van der Waals surface area contributed by atoms with Gasteiger partial charge in [0.2, 0.25) is 0 Å². The number of hydrogen-bond acceptors (Lipinski definition) is 3. The smallest absolute Gasteiger partial charge is 0.112 e. The lowest BCUT2D eigenvalue weighted by molar-refractivity contribution is 0.726. The standard InChI is InChI=1S/C15H18N4/c1-3-15-18-7-8-19(15)14-6-5-12(11-17-4-2)9-13(14)10-16/h5-9,17H,3-4,11H2,1-2H3. The van der Waals surface area contributed by atoms with Gasteiger partial charge in [0.1, 0.15) is 11.9 Å². The summed E-state index contributed by atoms with van der Waals surface area (Å²) in [5, 5.41) is 12.6. The Kier molecular flexibility index (Phi) is 4.32. The minimum Gasteiger partial charge on any atom is -0.313 e. The van der Waals surface area contributed by atoms with Crippen molar-refractivity contribution in [3.05, 3.63) is 47.5 Å². The molecule has 0 unspecified atom stereocenters. The van der Waals surface area contributed by atoms with Gasteiger partial charge in [0.25, 0.3) is 0 Å². The Bertz CT molecular complexity index is 592. The highest BCUT2D eigenvalue weighted by atomic mass is 15.1. The molecule has 0 aliphatic heterocycles. The summed E-state index contributed by atoms with van der Waals surface area (Å²) < 4.78 is 1.98. The third-order valence-corrected chi connectivity index (χ3v) is 3.05. The molecule has 0 fully saturated rings. The number of nitrogens with one attached hydrogen (secondary N) is 1. The highest BCUT2D eigenvalue weighted by molar-refractivity contribution is 5.51. The van der Waals surface area contributed by atoms with Gasteiger partial charge in [-0.1, -0.05) is 19.9 Å². The second-order valence-corrected chi connectivity index (χ2v) is 4.31. The maximum atomic E-state index is 9.33. The van der Waals surface area contributed by atoms with Crippen LogP contribution < -0.4 is 5.32 Å². The molecular weight excluding hydrogens is 236 g/mol. The maximum Gasteiger partial charge on any atom is 0.112 e. The monoisotopic (exact) mass is 254 g/mol. The summed E-state index contributed by atoms with van der Waals surface area (Å²) in [4.78, 5) is 4.30. The number of nitrogens with zero attached hydrogens (tertiary/aromatic N) is 3. The molecule has 0 aliphatic rings. The van der Waals surface area contributed by atoms with Crippen LogP contribution >= 0.6 is 0 Å². The number of hydrogen-bond donors (Lipinski definition) is 1. The first-order valence-corrected chi connectivity index (χ1v) is 6.56. The van der Waals surface area contributed by atoms with Crippen LogP contribution in [-0.2, 0) is 13.0 Å². The lowest BCUT2D eigenvalue weighted by Crippen LogP contribution is -2.12. The van der Waals surface area contributed by atoms with Crippen molar-refractivity contribution in [3.8, 4) is 11.8 Å². The summed E-state index contributed by atoms with van der Waals surface area (Å²) in [6.07, 6.45) is 4.52. The molecule has 98 valence electrons. The highest BCUT2D eigenvalue weighted by Gasteiger charge is 2.08. The van der Waals surface area contributed by atoms with Gasteiger partial charge in [-0.15, -0.1) is 0 Å². The van der Waals surface area contributed by atoms with Gasteiger partial charge < -0.3 is 9.88 Å². The summed E-state index contributed by atoms with van der Waals surface area (Å²) in [7, 11) is 0. The van der Waals surface area contributed by atoms with E-state index in [4.69, 9.17) is 0 Å². The van der Waals surface area contributed by atoms with Gasteiger partial charge in [0, 0.05) is 25.4 Å². The topological polar surface area (TPSA) is 53.6 Å². The number of benzene rings is 1. The van der Waals surface area contributed by atoms with Crippen LogP contribution in [0.4, 0.5) is 0 Å². The minimum absolute atomic E-state index is 0.683. The van der Waals surface area contributed by atoms with E-state index >= 15 is 0 Å². The zero-order chi connectivity index (χ0) is 13.7. The fraction of sp³-hybridized carbons (Fsp3) is 0.333. The van der Waals surface area contributed by atoms with Gasteiger partial charge in [0.05, 0.1) is 11.3 Å². The lowest BCUT2D eigenvalue weighted by atomic mass is 10.1. The molecular formula is C15H18N4. The van der Waals surface area contributed by atoms with Crippen molar-refractivity contribution in [3.63, 3.8) is 0 Å². The van der Waals surface area contributed by atoms with Gasteiger partial charge in [0.15, 0.2) is 0 Å². The van der Waals surface area contributed by atoms with Crippen LogP contribution in [0.25, 0.3) is 5.69 Å². The van der Waals surface area contributed by atoms with E-state index in [2.05, 4.69) is 36.3 Å². The van der Waals surface area contributed by atoms with Gasteiger partial charge in [-0.25, -0.2) is 4.98 Å². The molecule has 0 saturated carbocycles. The fourth-order valence-corrected chi connectivity index (χ4v) is 2.08. The van der Waals surface area contributed by atoms with Crippen LogP contribution in [0, 0.1) is 11.3 Å². The Labute approximate surface area is 113 Å². The Morgan fingerprint density at radius 2 is 2.21 bits per heavy atom. The van der Waals surface area contributed by atoms with Crippen LogP contribution in [0.15, 0.2) is 30.6 Å². The van der Waals surface area contributed by atoms with E-state index in [0.717, 1.165) is 36.6 Å². The molecule has 0 radical (unpaired) electrons. The molecule has 0 amide bonds. The third kappa shape index (κ3) is 2.83. The van der Waals surface area contributed by atoms with Crippen molar-refractivity contribution >= 4 is 0 Å². The van der Waals surface area contributed by atoms with Crippen molar-refractivity contribution in [2.24, 2.45) is 0 Å². The van der Waals surface area contributed by atoms with Crippen molar-refractivity contribution in [2.75, 3.05) is 6.54 Å². The van der Waals surface area contributed by atoms with E-state index in [1.807, 2.05) is 22.9 Å². The molecule has 1 N–H and O–H groups in total. The number of aryl methyl sites for hydroxylation is 1. The van der Waals surface area contributed by atoms with Crippen molar-refractivity contribution in [1.82, 2.24) is 14.9 Å². The fourth-order valence-electron chi connectivity index (χ4n) is 2.08. The predicted molar refractivity (Wildman–Crippen MR) is 75.0 cm³/mol. The number of aromatic nitrogens is 2. The molecule has 4 heteroatoms. The average Bonchev–Trinajstić information content (AvgIpc) is 2.93. The van der Waals surface area contributed by atoms with Crippen molar-refractivity contribution in [1.29, 1.82) is 5.26 Å². The minimum atomic E-state index is 0.683. The van der Waals surface area contributed by atoms with Crippen molar-refractivity contribution < 1.29 is 0 Å². The first kappa shape index (κ1) is 13.3. The first-order valence-electron chi connectivity index (χ1n) is 6.56. The highest BCUT2D eigenvalue weighted by Crippen LogP contribution is 2.18. The van der Waals surface area contributed by atoms with Crippen LogP contribution in [0.2, 0.25) is 0 Å². The van der Waals surface area contributed by atoms with Gasteiger partial charge in [-0.2, -0.15) is 5.26 Å². The van der Waals surface area contributed by atoms with E-state index in [1.54, 1.807) is 6.20 Å². The SMILES string of the molecule is CCNCc1ccc(-n2ccnc2CC)c(C#N)c1. The van der Waals surface area contributed by atoms with E-state index in [1.165, 1.54) is 0 Å². The quantitative estimate of drug-likeness (QED) is 0.891. The second kappa shape index (κ2) is 6.17. The summed E-state index contributed by atoms with van der Waals surface area (Å²) in [5.74, 6) is 0.968. The van der Waals surface area contributed by atoms with Crippen LogP contribution in [0.5, 0.6) is 0 Å². The zero-order valence-electron chi connectivity index (χ0n) is 11.3. The van der Waals surface area contributed by atoms with Gasteiger partial charge in [-0.3, -0.25) is 0 Å². The molecule has 4 nitrogen and oxygen atoms in total. The molecule has 19 heavy (non-hydrogen) atoms. The zero-order valence-corrected chi connectivity index (χ0v) is 11.3. The molecule has 1 aromatic carbocycles. The summed E-state index contributed by atoms with van der Waals surface area (Å²) in [6, 6.07) is 8.26. The number of imidazole rings is 1. The predicted octanol–water partition coefficient (Wildman–Crippen LogP) is 2.42. The van der Waals surface area contributed by atoms with Gasteiger partial charge >= 0.3 is 0 Å². The molecule has 0 saturated heterocycles. The van der Waals surface area contributed by atoms with E-state index < -0.39 is 0 Å². The van der Waals surface area contributed by atoms with E-state index in [0.29, 0.717) is 5.56 Å². The largest absolute Gasteiger partial charge is 0.313 e. The lowest BCUT2D eigenvalue weighted by Gasteiger charge is -2.10. The summed E-state index contributed by atoms with van der Waals surface area (Å²) >= 11 is 0. The summed E-state index contributed by atoms with van der Waals surface area (Å²) in [6.45, 7) is 5.84. The summed E-state index contributed by atoms with van der Waals surface area (Å²) in [5.41, 5.74) is 2.71. The molecule has 1 heterocycles. The second-order valence-electron chi connectivity index (χ2n) is 4.31. The van der Waals surface area contributed by atoms with E-state index in [9.17, 15) is 5.26 Å². The van der Waals surface area contributed by atoms with Crippen LogP contribution in [0.3, 0.4) is 0 Å². The molecule has 0 spiro atoms. The van der Waals surface area contributed by atoms with Crippen LogP contribution in [0.1, 0.15) is 30.8 Å². The number of rotatable bonds is 5.